The highest BCUT2D eigenvalue weighted by Gasteiger charge is 2.21. The van der Waals surface area contributed by atoms with Gasteiger partial charge in [-0.1, -0.05) is 6.92 Å². The topological polar surface area (TPSA) is 54.5 Å². The third-order valence-electron chi connectivity index (χ3n) is 3.29. The molecule has 0 radical (unpaired) electrons. The van der Waals surface area contributed by atoms with Crippen molar-refractivity contribution in [2.45, 2.75) is 39.4 Å². The Balaban J connectivity index is 1.73. The maximum absolute atomic E-state index is 12.0. The van der Waals surface area contributed by atoms with Crippen LogP contribution in [0.5, 0.6) is 0 Å². The monoisotopic (exact) mass is 297 g/mol. The first kappa shape index (κ1) is 15.4. The van der Waals surface area contributed by atoms with Crippen LogP contribution in [0.15, 0.2) is 6.20 Å². The van der Waals surface area contributed by atoms with Crippen molar-refractivity contribution in [3.63, 3.8) is 0 Å². The van der Waals surface area contributed by atoms with Crippen molar-refractivity contribution in [1.82, 2.24) is 15.2 Å². The summed E-state index contributed by atoms with van der Waals surface area (Å²) in [5.41, 5.74) is 0. The molecule has 1 aliphatic rings. The molecular formula is C14H23N3O2S. The Bertz CT molecular complexity index is 439. The van der Waals surface area contributed by atoms with Crippen LogP contribution >= 0.6 is 11.3 Å². The number of thiazole rings is 1. The molecule has 5 nitrogen and oxygen atoms in total. The number of morpholine rings is 1. The normalized spacial score (nSPS) is 23.8. The lowest BCUT2D eigenvalue weighted by Crippen LogP contribution is -2.47. The van der Waals surface area contributed by atoms with Gasteiger partial charge in [-0.15, -0.1) is 11.3 Å². The summed E-state index contributed by atoms with van der Waals surface area (Å²) < 4.78 is 5.69. The summed E-state index contributed by atoms with van der Waals surface area (Å²) in [5.74, 6) is -0.0171. The number of carbonyl (C=O) groups is 1. The van der Waals surface area contributed by atoms with Crippen LogP contribution in [0.1, 0.15) is 35.5 Å². The van der Waals surface area contributed by atoms with Crippen LogP contribution in [0, 0.1) is 0 Å². The summed E-state index contributed by atoms with van der Waals surface area (Å²) in [7, 11) is 0. The number of carbonyl (C=O) groups excluding carboxylic acids is 1. The fraction of sp³-hybridized carbons (Fsp3) is 0.714. The van der Waals surface area contributed by atoms with Gasteiger partial charge in [-0.2, -0.15) is 0 Å². The van der Waals surface area contributed by atoms with Crippen molar-refractivity contribution < 1.29 is 9.53 Å². The molecule has 0 aromatic carbocycles. The number of hydrogen-bond acceptors (Lipinski definition) is 5. The van der Waals surface area contributed by atoms with E-state index in [1.54, 1.807) is 6.20 Å². The molecule has 1 fully saturated rings. The van der Waals surface area contributed by atoms with E-state index in [2.05, 4.69) is 29.0 Å². The minimum Gasteiger partial charge on any atom is -0.373 e. The van der Waals surface area contributed by atoms with Crippen LogP contribution in [0.3, 0.4) is 0 Å². The molecule has 1 saturated heterocycles. The molecule has 1 N–H and O–H groups in total. The largest absolute Gasteiger partial charge is 0.373 e. The molecule has 0 aliphatic carbocycles. The van der Waals surface area contributed by atoms with Gasteiger partial charge in [0.15, 0.2) is 0 Å². The zero-order valence-electron chi connectivity index (χ0n) is 12.4. The smallest absolute Gasteiger partial charge is 0.263 e. The molecule has 0 unspecified atom stereocenters. The number of nitrogens with one attached hydrogen (secondary N) is 1. The van der Waals surface area contributed by atoms with Crippen molar-refractivity contribution >= 4 is 17.2 Å². The zero-order chi connectivity index (χ0) is 14.5. The minimum atomic E-state index is -0.0171. The van der Waals surface area contributed by atoms with Gasteiger partial charge in [0.1, 0.15) is 4.88 Å². The molecule has 112 valence electrons. The number of hydrogen-bond donors (Lipinski definition) is 1. The van der Waals surface area contributed by atoms with Crippen molar-refractivity contribution in [2.24, 2.45) is 0 Å². The molecule has 0 spiro atoms. The van der Waals surface area contributed by atoms with Crippen LogP contribution < -0.4 is 5.32 Å². The van der Waals surface area contributed by atoms with E-state index in [1.807, 2.05) is 6.92 Å². The molecule has 2 heterocycles. The Hall–Kier alpha value is -0.980. The molecule has 20 heavy (non-hydrogen) atoms. The highest BCUT2D eigenvalue weighted by atomic mass is 32.1. The predicted molar refractivity (Wildman–Crippen MR) is 80.3 cm³/mol. The standard InChI is InChI=1S/C14H23N3O2S/c1-4-13-16-7-12(20-13)14(18)15-5-6-17-8-10(2)19-11(3)9-17/h7,10-11H,4-6,8-9H2,1-3H3,(H,15,18)/t10-,11+. The van der Waals surface area contributed by atoms with Crippen LogP contribution in [0.4, 0.5) is 0 Å². The molecule has 1 aliphatic heterocycles. The van der Waals surface area contributed by atoms with E-state index in [0.29, 0.717) is 11.4 Å². The lowest BCUT2D eigenvalue weighted by Gasteiger charge is -2.35. The predicted octanol–water partition coefficient (Wildman–Crippen LogP) is 1.54. The van der Waals surface area contributed by atoms with Crippen molar-refractivity contribution in [2.75, 3.05) is 26.2 Å². The van der Waals surface area contributed by atoms with E-state index >= 15 is 0 Å². The van der Waals surface area contributed by atoms with Gasteiger partial charge in [0.25, 0.3) is 5.91 Å². The van der Waals surface area contributed by atoms with Gasteiger partial charge < -0.3 is 10.1 Å². The summed E-state index contributed by atoms with van der Waals surface area (Å²) in [4.78, 5) is 19.2. The molecular weight excluding hydrogens is 274 g/mol. The van der Waals surface area contributed by atoms with E-state index in [9.17, 15) is 4.79 Å². The summed E-state index contributed by atoms with van der Waals surface area (Å²) in [6, 6.07) is 0. The average Bonchev–Trinajstić information content (AvgIpc) is 2.86. The van der Waals surface area contributed by atoms with Gasteiger partial charge >= 0.3 is 0 Å². The first-order chi connectivity index (χ1) is 9.58. The number of aromatic nitrogens is 1. The van der Waals surface area contributed by atoms with Crippen LogP contribution in [0.2, 0.25) is 0 Å². The van der Waals surface area contributed by atoms with Crippen LogP contribution in [-0.2, 0) is 11.2 Å². The summed E-state index contributed by atoms with van der Waals surface area (Å²) >= 11 is 1.47. The Kier molecular flexibility index (Phi) is 5.51. The molecule has 0 bridgehead atoms. The number of amides is 1. The zero-order valence-corrected chi connectivity index (χ0v) is 13.2. The SMILES string of the molecule is CCc1ncc(C(=O)NCCN2C[C@@H](C)O[C@@H](C)C2)s1. The second-order valence-electron chi connectivity index (χ2n) is 5.24. The molecule has 2 atom stereocenters. The van der Waals surface area contributed by atoms with Gasteiger partial charge in [-0.25, -0.2) is 4.98 Å². The van der Waals surface area contributed by atoms with Gasteiger partial charge in [-0.05, 0) is 20.3 Å². The van der Waals surface area contributed by atoms with E-state index in [1.165, 1.54) is 11.3 Å². The second kappa shape index (κ2) is 7.15. The highest BCUT2D eigenvalue weighted by molar-refractivity contribution is 7.13. The number of rotatable bonds is 5. The van der Waals surface area contributed by atoms with Gasteiger partial charge in [0.2, 0.25) is 0 Å². The first-order valence-corrected chi connectivity index (χ1v) is 8.00. The van der Waals surface area contributed by atoms with E-state index < -0.39 is 0 Å². The van der Waals surface area contributed by atoms with Crippen molar-refractivity contribution in [3.8, 4) is 0 Å². The molecule has 0 saturated carbocycles. The van der Waals surface area contributed by atoms with Crippen LogP contribution in [0.25, 0.3) is 0 Å². The third kappa shape index (κ3) is 4.26. The number of aryl methyl sites for hydroxylation is 1. The quantitative estimate of drug-likeness (QED) is 0.896. The Morgan fingerprint density at radius 3 is 2.80 bits per heavy atom. The third-order valence-corrected chi connectivity index (χ3v) is 4.43. The Morgan fingerprint density at radius 2 is 2.20 bits per heavy atom. The van der Waals surface area contributed by atoms with Crippen molar-refractivity contribution in [1.29, 1.82) is 0 Å². The van der Waals surface area contributed by atoms with E-state index in [-0.39, 0.29) is 18.1 Å². The maximum atomic E-state index is 12.0. The fourth-order valence-electron chi connectivity index (χ4n) is 2.46. The highest BCUT2D eigenvalue weighted by Crippen LogP contribution is 2.13. The Morgan fingerprint density at radius 1 is 1.50 bits per heavy atom. The van der Waals surface area contributed by atoms with Crippen molar-refractivity contribution in [3.05, 3.63) is 16.1 Å². The van der Waals surface area contributed by atoms with E-state index in [0.717, 1.165) is 31.1 Å². The second-order valence-corrected chi connectivity index (χ2v) is 6.36. The lowest BCUT2D eigenvalue weighted by atomic mass is 10.2. The molecule has 1 aromatic rings. The van der Waals surface area contributed by atoms with Crippen LogP contribution in [-0.4, -0.2) is 54.2 Å². The summed E-state index contributed by atoms with van der Waals surface area (Å²) in [6.45, 7) is 9.61. The Labute approximate surface area is 124 Å². The van der Waals surface area contributed by atoms with Gasteiger partial charge in [-0.3, -0.25) is 9.69 Å². The molecule has 1 amide bonds. The summed E-state index contributed by atoms with van der Waals surface area (Å²) in [5, 5.41) is 3.97. The summed E-state index contributed by atoms with van der Waals surface area (Å²) in [6.07, 6.45) is 3.07. The first-order valence-electron chi connectivity index (χ1n) is 7.19. The fourth-order valence-corrected chi connectivity index (χ4v) is 3.23. The van der Waals surface area contributed by atoms with Gasteiger partial charge in [0.05, 0.1) is 23.4 Å². The maximum Gasteiger partial charge on any atom is 0.263 e. The van der Waals surface area contributed by atoms with E-state index in [4.69, 9.17) is 4.74 Å². The average molecular weight is 297 g/mol. The lowest BCUT2D eigenvalue weighted by molar-refractivity contribution is -0.0672. The number of nitrogens with zero attached hydrogens (tertiary/aromatic N) is 2. The minimum absolute atomic E-state index is 0.0171. The molecule has 1 aromatic heterocycles. The number of ether oxygens (including phenoxy) is 1. The molecule has 6 heteroatoms. The van der Waals surface area contributed by atoms with Gasteiger partial charge in [0, 0.05) is 26.2 Å². The molecule has 2 rings (SSSR count).